The van der Waals surface area contributed by atoms with E-state index < -0.39 is 11.7 Å². The minimum Gasteiger partial charge on any atom is -0.369 e. The molecule has 2 aromatic heterocycles. The van der Waals surface area contributed by atoms with Crippen molar-refractivity contribution in [2.75, 3.05) is 19.7 Å². The van der Waals surface area contributed by atoms with Crippen LogP contribution in [-0.4, -0.2) is 34.6 Å². The molecule has 1 unspecified atom stereocenters. The third kappa shape index (κ3) is 5.04. The van der Waals surface area contributed by atoms with E-state index in [-0.39, 0.29) is 18.1 Å². The standard InChI is InChI=1S/C23H22F3N3O/c24-23(25,26)20-6-2-1-4-18(20)14-19-5-3-7-21(28-19)22-16-29(12-13-30-22)15-17-8-10-27-11-9-17/h1-11,22H,12-16H2. The third-order valence-electron chi connectivity index (χ3n) is 5.16. The van der Waals surface area contributed by atoms with Crippen molar-refractivity contribution in [3.63, 3.8) is 0 Å². The van der Waals surface area contributed by atoms with Gasteiger partial charge in [-0.25, -0.2) is 0 Å². The van der Waals surface area contributed by atoms with Gasteiger partial charge in [-0.15, -0.1) is 0 Å². The zero-order valence-electron chi connectivity index (χ0n) is 16.3. The van der Waals surface area contributed by atoms with Crippen LogP contribution in [0.1, 0.15) is 34.2 Å². The number of nitrogens with zero attached hydrogens (tertiary/aromatic N) is 3. The molecule has 1 saturated heterocycles. The molecule has 1 aromatic carbocycles. The van der Waals surface area contributed by atoms with Gasteiger partial charge < -0.3 is 4.74 Å². The van der Waals surface area contributed by atoms with Crippen molar-refractivity contribution >= 4 is 0 Å². The summed E-state index contributed by atoms with van der Waals surface area (Å²) >= 11 is 0. The molecule has 3 heterocycles. The highest BCUT2D eigenvalue weighted by Crippen LogP contribution is 2.33. The maximum atomic E-state index is 13.3. The fraction of sp³-hybridized carbons (Fsp3) is 0.304. The van der Waals surface area contributed by atoms with Crippen molar-refractivity contribution in [2.45, 2.75) is 25.2 Å². The number of rotatable bonds is 5. The molecule has 0 bridgehead atoms. The van der Waals surface area contributed by atoms with Gasteiger partial charge in [0.2, 0.25) is 0 Å². The molecule has 0 spiro atoms. The molecule has 4 rings (SSSR count). The Kier molecular flexibility index (Phi) is 6.11. The lowest BCUT2D eigenvalue weighted by molar-refractivity contribution is -0.138. The van der Waals surface area contributed by atoms with E-state index in [1.165, 1.54) is 17.7 Å². The van der Waals surface area contributed by atoms with Crippen LogP contribution in [0.15, 0.2) is 67.0 Å². The van der Waals surface area contributed by atoms with Crippen LogP contribution in [0.4, 0.5) is 13.2 Å². The summed E-state index contributed by atoms with van der Waals surface area (Å²) in [5, 5.41) is 0. The summed E-state index contributed by atoms with van der Waals surface area (Å²) in [6.45, 7) is 2.87. The first-order valence-electron chi connectivity index (χ1n) is 9.83. The Labute approximate surface area is 173 Å². The van der Waals surface area contributed by atoms with E-state index in [1.54, 1.807) is 24.5 Å². The van der Waals surface area contributed by atoms with Crippen molar-refractivity contribution in [1.29, 1.82) is 0 Å². The van der Waals surface area contributed by atoms with Gasteiger partial charge in [-0.05, 0) is 41.5 Å². The first-order valence-corrected chi connectivity index (χ1v) is 9.83. The van der Waals surface area contributed by atoms with E-state index in [9.17, 15) is 13.2 Å². The predicted octanol–water partition coefficient (Wildman–Crippen LogP) is 4.66. The number of alkyl halides is 3. The number of ether oxygens (including phenoxy) is 1. The van der Waals surface area contributed by atoms with Gasteiger partial charge in [0, 0.05) is 44.1 Å². The van der Waals surface area contributed by atoms with Gasteiger partial charge in [-0.1, -0.05) is 24.3 Å². The van der Waals surface area contributed by atoms with E-state index in [2.05, 4.69) is 14.9 Å². The van der Waals surface area contributed by atoms with Crippen molar-refractivity contribution < 1.29 is 17.9 Å². The largest absolute Gasteiger partial charge is 0.416 e. The maximum absolute atomic E-state index is 13.3. The van der Waals surface area contributed by atoms with Gasteiger partial charge in [-0.3, -0.25) is 14.9 Å². The first-order chi connectivity index (χ1) is 14.5. The molecule has 0 N–H and O–H groups in total. The Morgan fingerprint density at radius 3 is 2.60 bits per heavy atom. The maximum Gasteiger partial charge on any atom is 0.416 e. The Balaban J connectivity index is 1.48. The zero-order chi connectivity index (χ0) is 21.0. The SMILES string of the molecule is FC(F)(F)c1ccccc1Cc1cccc(C2CN(Cc3ccncc3)CCO2)n1. The van der Waals surface area contributed by atoms with E-state index in [0.29, 0.717) is 18.8 Å². The second kappa shape index (κ2) is 8.93. The van der Waals surface area contributed by atoms with Gasteiger partial charge in [0.25, 0.3) is 0 Å². The van der Waals surface area contributed by atoms with Crippen LogP contribution < -0.4 is 0 Å². The molecule has 1 aliphatic rings. The van der Waals surface area contributed by atoms with Crippen LogP contribution >= 0.6 is 0 Å². The summed E-state index contributed by atoms with van der Waals surface area (Å²) in [6, 6.07) is 15.1. The number of hydrogen-bond acceptors (Lipinski definition) is 4. The molecule has 1 atom stereocenters. The van der Waals surface area contributed by atoms with Crippen molar-refractivity contribution in [3.8, 4) is 0 Å². The number of morpholine rings is 1. The molecule has 0 amide bonds. The highest BCUT2D eigenvalue weighted by atomic mass is 19.4. The molecule has 4 nitrogen and oxygen atoms in total. The number of pyridine rings is 2. The highest BCUT2D eigenvalue weighted by Gasteiger charge is 2.33. The average molecular weight is 413 g/mol. The topological polar surface area (TPSA) is 38.2 Å². The molecular formula is C23H22F3N3O. The molecule has 0 radical (unpaired) electrons. The van der Waals surface area contributed by atoms with Crippen LogP contribution in [0.2, 0.25) is 0 Å². The lowest BCUT2D eigenvalue weighted by Gasteiger charge is -2.32. The summed E-state index contributed by atoms with van der Waals surface area (Å²) in [7, 11) is 0. The molecule has 3 aromatic rings. The molecule has 30 heavy (non-hydrogen) atoms. The van der Waals surface area contributed by atoms with E-state index in [4.69, 9.17) is 4.74 Å². The van der Waals surface area contributed by atoms with Gasteiger partial charge in [0.15, 0.2) is 0 Å². The fourth-order valence-electron chi connectivity index (χ4n) is 3.69. The van der Waals surface area contributed by atoms with Gasteiger partial charge in [-0.2, -0.15) is 13.2 Å². The van der Waals surface area contributed by atoms with Crippen LogP contribution in [0.3, 0.4) is 0 Å². The Hall–Kier alpha value is -2.77. The van der Waals surface area contributed by atoms with Crippen molar-refractivity contribution in [3.05, 3.63) is 95.1 Å². The molecule has 1 aliphatic heterocycles. The summed E-state index contributed by atoms with van der Waals surface area (Å²) in [5.41, 5.74) is 2.12. The minimum absolute atomic E-state index is 0.122. The Morgan fingerprint density at radius 1 is 1.00 bits per heavy atom. The zero-order valence-corrected chi connectivity index (χ0v) is 16.3. The smallest absolute Gasteiger partial charge is 0.369 e. The normalized spacial score (nSPS) is 17.8. The van der Waals surface area contributed by atoms with E-state index in [1.807, 2.05) is 24.3 Å². The van der Waals surface area contributed by atoms with Crippen LogP contribution in [-0.2, 0) is 23.9 Å². The van der Waals surface area contributed by atoms with Gasteiger partial charge >= 0.3 is 6.18 Å². The molecule has 0 saturated carbocycles. The molecular weight excluding hydrogens is 391 g/mol. The average Bonchev–Trinajstić information content (AvgIpc) is 2.75. The molecule has 0 aliphatic carbocycles. The van der Waals surface area contributed by atoms with Gasteiger partial charge in [0.05, 0.1) is 17.9 Å². The fourth-order valence-corrected chi connectivity index (χ4v) is 3.69. The summed E-state index contributed by atoms with van der Waals surface area (Å²) in [4.78, 5) is 11.0. The number of hydrogen-bond donors (Lipinski definition) is 0. The van der Waals surface area contributed by atoms with Crippen molar-refractivity contribution in [1.82, 2.24) is 14.9 Å². The van der Waals surface area contributed by atoms with Crippen LogP contribution in [0.5, 0.6) is 0 Å². The minimum atomic E-state index is -4.38. The lowest BCUT2D eigenvalue weighted by atomic mass is 10.0. The first kappa shape index (κ1) is 20.5. The molecule has 156 valence electrons. The predicted molar refractivity (Wildman–Crippen MR) is 107 cm³/mol. The monoisotopic (exact) mass is 413 g/mol. The number of aromatic nitrogens is 2. The highest BCUT2D eigenvalue weighted by molar-refractivity contribution is 5.33. The Morgan fingerprint density at radius 2 is 1.80 bits per heavy atom. The summed E-state index contributed by atoms with van der Waals surface area (Å²) < 4.78 is 45.8. The van der Waals surface area contributed by atoms with Crippen LogP contribution in [0.25, 0.3) is 0 Å². The van der Waals surface area contributed by atoms with Crippen molar-refractivity contribution in [2.24, 2.45) is 0 Å². The lowest BCUT2D eigenvalue weighted by Crippen LogP contribution is -2.38. The third-order valence-corrected chi connectivity index (χ3v) is 5.16. The second-order valence-electron chi connectivity index (χ2n) is 7.34. The summed E-state index contributed by atoms with van der Waals surface area (Å²) in [6.07, 6.45) is -0.919. The molecule has 7 heteroatoms. The second-order valence-corrected chi connectivity index (χ2v) is 7.34. The summed E-state index contributed by atoms with van der Waals surface area (Å²) in [5.74, 6) is 0. The molecule has 1 fully saturated rings. The van der Waals surface area contributed by atoms with Gasteiger partial charge in [0.1, 0.15) is 6.10 Å². The van der Waals surface area contributed by atoms with Crippen LogP contribution in [0, 0.1) is 0 Å². The quantitative estimate of drug-likeness (QED) is 0.610. The number of halogens is 3. The van der Waals surface area contributed by atoms with E-state index in [0.717, 1.165) is 24.8 Å². The van der Waals surface area contributed by atoms with E-state index >= 15 is 0 Å². The Bertz CT molecular complexity index is 979. The number of benzene rings is 1.